The van der Waals surface area contributed by atoms with E-state index in [1.807, 2.05) is 32.0 Å². The Bertz CT molecular complexity index is 599. The highest BCUT2D eigenvalue weighted by Gasteiger charge is 2.15. The summed E-state index contributed by atoms with van der Waals surface area (Å²) >= 11 is 0. The summed E-state index contributed by atoms with van der Waals surface area (Å²) in [6.07, 6.45) is 1.88. The van der Waals surface area contributed by atoms with E-state index in [0.717, 1.165) is 18.2 Å². The van der Waals surface area contributed by atoms with Gasteiger partial charge in [-0.2, -0.15) is 0 Å². The minimum atomic E-state index is -0.635. The van der Waals surface area contributed by atoms with Crippen LogP contribution in [0.25, 0.3) is 11.0 Å². The molecule has 0 radical (unpaired) electrons. The molecule has 5 nitrogen and oxygen atoms in total. The molecular weight excluding hydrogens is 270 g/mol. The Hall–Kier alpha value is -2.30. The summed E-state index contributed by atoms with van der Waals surface area (Å²) in [7, 11) is 0. The molecule has 2 rings (SSSR count). The molecule has 1 unspecified atom stereocenters. The van der Waals surface area contributed by atoms with Crippen molar-refractivity contribution in [2.75, 3.05) is 6.61 Å². The number of carbonyl (C=O) groups excluding carboxylic acids is 2. The quantitative estimate of drug-likeness (QED) is 0.830. The number of hydrogen-bond donors (Lipinski definition) is 1. The van der Waals surface area contributed by atoms with Crippen molar-refractivity contribution in [3.8, 4) is 0 Å². The maximum Gasteiger partial charge on any atom is 0.374 e. The van der Waals surface area contributed by atoms with Crippen molar-refractivity contribution in [3.05, 3.63) is 36.1 Å². The Morgan fingerprint density at radius 2 is 2.10 bits per heavy atom. The lowest BCUT2D eigenvalue weighted by Gasteiger charge is -2.12. The van der Waals surface area contributed by atoms with E-state index in [-0.39, 0.29) is 24.3 Å². The van der Waals surface area contributed by atoms with Crippen LogP contribution in [0.1, 0.15) is 37.2 Å². The van der Waals surface area contributed by atoms with Crippen molar-refractivity contribution >= 4 is 22.8 Å². The van der Waals surface area contributed by atoms with Crippen LogP contribution in [0, 0.1) is 0 Å². The fourth-order valence-corrected chi connectivity index (χ4v) is 2.11. The van der Waals surface area contributed by atoms with Gasteiger partial charge >= 0.3 is 5.97 Å². The molecule has 1 aromatic carbocycles. The molecule has 0 aliphatic carbocycles. The minimum absolute atomic E-state index is 0.0763. The van der Waals surface area contributed by atoms with Crippen LogP contribution in [0.15, 0.2) is 34.7 Å². The highest BCUT2D eigenvalue weighted by Crippen LogP contribution is 2.19. The number of amides is 1. The summed E-state index contributed by atoms with van der Waals surface area (Å²) < 4.78 is 10.3. The van der Waals surface area contributed by atoms with Crippen molar-refractivity contribution < 1.29 is 18.7 Å². The molecule has 0 saturated heterocycles. The van der Waals surface area contributed by atoms with Crippen LogP contribution in [0.5, 0.6) is 0 Å². The van der Waals surface area contributed by atoms with E-state index in [4.69, 9.17) is 9.15 Å². The number of nitrogens with one attached hydrogen (secondary N) is 1. The zero-order valence-electron chi connectivity index (χ0n) is 12.2. The van der Waals surface area contributed by atoms with Gasteiger partial charge in [0, 0.05) is 11.4 Å². The average Bonchev–Trinajstić information content (AvgIpc) is 2.89. The van der Waals surface area contributed by atoms with Gasteiger partial charge in [-0.15, -0.1) is 0 Å². The molecule has 2 aromatic rings. The normalized spacial score (nSPS) is 12.1. The van der Waals surface area contributed by atoms with Crippen molar-refractivity contribution in [2.45, 2.75) is 32.7 Å². The van der Waals surface area contributed by atoms with Crippen molar-refractivity contribution in [2.24, 2.45) is 0 Å². The Morgan fingerprint density at radius 3 is 2.81 bits per heavy atom. The molecule has 1 amide bonds. The first-order valence-corrected chi connectivity index (χ1v) is 7.05. The molecule has 1 heterocycles. The lowest BCUT2D eigenvalue weighted by Crippen LogP contribution is -2.35. The second-order valence-corrected chi connectivity index (χ2v) is 4.98. The fourth-order valence-electron chi connectivity index (χ4n) is 2.11. The second-order valence-electron chi connectivity index (χ2n) is 4.98. The van der Waals surface area contributed by atoms with Gasteiger partial charge in [0.25, 0.3) is 5.91 Å². The van der Waals surface area contributed by atoms with Crippen LogP contribution in [-0.2, 0) is 9.53 Å². The van der Waals surface area contributed by atoms with E-state index < -0.39 is 5.97 Å². The van der Waals surface area contributed by atoms with Crippen LogP contribution in [0.4, 0.5) is 0 Å². The van der Waals surface area contributed by atoms with E-state index in [1.54, 1.807) is 12.1 Å². The summed E-state index contributed by atoms with van der Waals surface area (Å²) in [6.45, 7) is 3.66. The van der Waals surface area contributed by atoms with Crippen molar-refractivity contribution in [1.82, 2.24) is 5.32 Å². The largest absolute Gasteiger partial charge is 0.450 e. The number of furan rings is 1. The Morgan fingerprint density at radius 1 is 1.33 bits per heavy atom. The smallest absolute Gasteiger partial charge is 0.374 e. The van der Waals surface area contributed by atoms with E-state index in [1.165, 1.54) is 0 Å². The summed E-state index contributed by atoms with van der Waals surface area (Å²) in [6, 6.07) is 8.97. The summed E-state index contributed by atoms with van der Waals surface area (Å²) in [5.41, 5.74) is 0.616. The van der Waals surface area contributed by atoms with Gasteiger partial charge in [-0.3, -0.25) is 4.79 Å². The molecule has 112 valence electrons. The van der Waals surface area contributed by atoms with Crippen LogP contribution in [0.2, 0.25) is 0 Å². The first-order chi connectivity index (χ1) is 10.1. The van der Waals surface area contributed by atoms with Gasteiger partial charge < -0.3 is 14.5 Å². The second kappa shape index (κ2) is 6.92. The summed E-state index contributed by atoms with van der Waals surface area (Å²) in [5.74, 6) is -0.837. The number of ether oxygens (including phenoxy) is 1. The Balaban J connectivity index is 1.88. The number of esters is 1. The van der Waals surface area contributed by atoms with E-state index >= 15 is 0 Å². The third kappa shape index (κ3) is 4.08. The lowest BCUT2D eigenvalue weighted by molar-refractivity contribution is -0.124. The third-order valence-electron chi connectivity index (χ3n) is 3.09. The maximum absolute atomic E-state index is 11.8. The molecule has 0 saturated carbocycles. The third-order valence-corrected chi connectivity index (χ3v) is 3.09. The van der Waals surface area contributed by atoms with Gasteiger partial charge in [0.1, 0.15) is 5.58 Å². The van der Waals surface area contributed by atoms with Gasteiger partial charge in [-0.25, -0.2) is 4.79 Å². The van der Waals surface area contributed by atoms with Gasteiger partial charge in [0.2, 0.25) is 5.76 Å². The van der Waals surface area contributed by atoms with Crippen LogP contribution in [-0.4, -0.2) is 24.5 Å². The van der Waals surface area contributed by atoms with Crippen LogP contribution in [0.3, 0.4) is 0 Å². The minimum Gasteiger partial charge on any atom is -0.450 e. The molecule has 0 spiro atoms. The molecule has 0 aliphatic rings. The predicted molar refractivity (Wildman–Crippen MR) is 79.0 cm³/mol. The summed E-state index contributed by atoms with van der Waals surface area (Å²) in [5, 5.41) is 3.59. The number of rotatable bonds is 6. The number of fused-ring (bicyclic) bond motifs is 1. The molecule has 5 heteroatoms. The molecule has 1 aromatic heterocycles. The number of hydrogen-bond acceptors (Lipinski definition) is 4. The lowest BCUT2D eigenvalue weighted by atomic mass is 10.2. The number of para-hydroxylation sites is 1. The van der Waals surface area contributed by atoms with E-state index in [2.05, 4.69) is 5.32 Å². The van der Waals surface area contributed by atoms with E-state index in [9.17, 15) is 9.59 Å². The van der Waals surface area contributed by atoms with Gasteiger partial charge in [-0.1, -0.05) is 31.5 Å². The first-order valence-electron chi connectivity index (χ1n) is 7.05. The van der Waals surface area contributed by atoms with Crippen LogP contribution < -0.4 is 5.32 Å². The highest BCUT2D eigenvalue weighted by molar-refractivity contribution is 5.93. The van der Waals surface area contributed by atoms with E-state index in [0.29, 0.717) is 5.58 Å². The molecule has 0 bridgehead atoms. The first kappa shape index (κ1) is 15.1. The zero-order valence-corrected chi connectivity index (χ0v) is 12.2. The standard InChI is InChI=1S/C16H19NO4/c1-3-6-11(2)17-15(18)10-20-16(19)14-9-12-7-4-5-8-13(12)21-14/h4-5,7-9,11H,3,6,10H2,1-2H3,(H,17,18). The topological polar surface area (TPSA) is 68.5 Å². The maximum atomic E-state index is 11.8. The Labute approximate surface area is 123 Å². The number of carbonyl (C=O) groups is 2. The predicted octanol–water partition coefficient (Wildman–Crippen LogP) is 2.89. The molecule has 0 fully saturated rings. The molecular formula is C16H19NO4. The zero-order chi connectivity index (χ0) is 15.2. The average molecular weight is 289 g/mol. The van der Waals surface area contributed by atoms with Crippen LogP contribution >= 0.6 is 0 Å². The summed E-state index contributed by atoms with van der Waals surface area (Å²) in [4.78, 5) is 23.5. The monoisotopic (exact) mass is 289 g/mol. The molecule has 1 N–H and O–H groups in total. The SMILES string of the molecule is CCCC(C)NC(=O)COC(=O)c1cc2ccccc2o1. The van der Waals surface area contributed by atoms with Gasteiger partial charge in [0.15, 0.2) is 6.61 Å². The van der Waals surface area contributed by atoms with Crippen molar-refractivity contribution in [1.29, 1.82) is 0 Å². The Kier molecular flexibility index (Phi) is 4.98. The fraction of sp³-hybridized carbons (Fsp3) is 0.375. The van der Waals surface area contributed by atoms with Gasteiger partial charge in [0.05, 0.1) is 0 Å². The highest BCUT2D eigenvalue weighted by atomic mass is 16.5. The number of benzene rings is 1. The molecule has 1 atom stereocenters. The molecule has 21 heavy (non-hydrogen) atoms. The van der Waals surface area contributed by atoms with Crippen molar-refractivity contribution in [3.63, 3.8) is 0 Å². The van der Waals surface area contributed by atoms with Gasteiger partial charge in [-0.05, 0) is 25.5 Å². The molecule has 0 aliphatic heterocycles.